The molecule has 0 spiro atoms. The lowest BCUT2D eigenvalue weighted by Gasteiger charge is -2.22. The zero-order chi connectivity index (χ0) is 12.2. The number of benzene rings is 1. The second kappa shape index (κ2) is 8.40. The number of carbonyl (C=O) groups excluding carboxylic acids is 1. The summed E-state index contributed by atoms with van der Waals surface area (Å²) >= 11 is 0. The Morgan fingerprint density at radius 1 is 1.28 bits per heavy atom. The molecule has 1 aromatic rings. The molecule has 18 heavy (non-hydrogen) atoms. The van der Waals surface area contributed by atoms with Crippen LogP contribution in [0.5, 0.6) is 0 Å². The maximum Gasteiger partial charge on any atom is 0.323 e. The molecule has 104 valence electrons. The van der Waals surface area contributed by atoms with Crippen LogP contribution < -0.4 is 5.73 Å². The first-order chi connectivity index (χ1) is 7.38. The average Bonchev–Trinajstić information content (AvgIpc) is 2.16. The van der Waals surface area contributed by atoms with Gasteiger partial charge in [-0.15, -0.1) is 12.4 Å². The molecule has 0 heterocycles. The van der Waals surface area contributed by atoms with Crippen molar-refractivity contribution < 1.29 is 9.53 Å². The highest BCUT2D eigenvalue weighted by molar-refractivity contribution is 7.59. The summed E-state index contributed by atoms with van der Waals surface area (Å²) in [6, 6.07) is 9.09. The second-order valence-electron chi connectivity index (χ2n) is 4.83. The Morgan fingerprint density at radius 3 is 2.22 bits per heavy atom. The number of halogens is 1. The van der Waals surface area contributed by atoms with E-state index in [1.807, 2.05) is 51.1 Å². The van der Waals surface area contributed by atoms with Gasteiger partial charge in [-0.05, 0) is 32.8 Å². The summed E-state index contributed by atoms with van der Waals surface area (Å²) in [7, 11) is 0. The lowest BCUT2D eigenvalue weighted by molar-refractivity contribution is -0.156. The van der Waals surface area contributed by atoms with E-state index in [1.54, 1.807) is 0 Å². The predicted octanol–water partition coefficient (Wildman–Crippen LogP) is 2.43. The summed E-state index contributed by atoms with van der Waals surface area (Å²) in [5.74, 6) is -0.351. The summed E-state index contributed by atoms with van der Waals surface area (Å²) < 4.78 is 5.21. The van der Waals surface area contributed by atoms with Crippen molar-refractivity contribution in [3.05, 3.63) is 35.9 Å². The van der Waals surface area contributed by atoms with E-state index in [0.717, 1.165) is 5.56 Å². The van der Waals surface area contributed by atoms with E-state index >= 15 is 0 Å². The first-order valence-corrected chi connectivity index (χ1v) is 5.41. The third-order valence-electron chi connectivity index (χ3n) is 2.01. The van der Waals surface area contributed by atoms with Gasteiger partial charge in [-0.1, -0.05) is 30.3 Å². The van der Waals surface area contributed by atoms with E-state index in [2.05, 4.69) is 0 Å². The van der Waals surface area contributed by atoms with Crippen LogP contribution in [0.4, 0.5) is 0 Å². The molecular formula is C13H22ClNO2S. The molecule has 1 atom stereocenters. The van der Waals surface area contributed by atoms with Gasteiger partial charge in [0.1, 0.15) is 11.6 Å². The van der Waals surface area contributed by atoms with Crippen molar-refractivity contribution in [1.29, 1.82) is 0 Å². The van der Waals surface area contributed by atoms with Gasteiger partial charge >= 0.3 is 5.97 Å². The smallest absolute Gasteiger partial charge is 0.323 e. The number of carbonyl (C=O) groups is 1. The summed E-state index contributed by atoms with van der Waals surface area (Å²) in [5, 5.41) is 0. The van der Waals surface area contributed by atoms with Crippen LogP contribution in [-0.2, 0) is 16.0 Å². The fourth-order valence-corrected chi connectivity index (χ4v) is 1.33. The van der Waals surface area contributed by atoms with Crippen LogP contribution in [0.2, 0.25) is 0 Å². The first-order valence-electron chi connectivity index (χ1n) is 5.41. The topological polar surface area (TPSA) is 52.3 Å². The number of hydrogen-bond acceptors (Lipinski definition) is 3. The third-order valence-corrected chi connectivity index (χ3v) is 2.01. The van der Waals surface area contributed by atoms with Crippen LogP contribution in [0.15, 0.2) is 30.3 Å². The zero-order valence-electron chi connectivity index (χ0n) is 11.0. The van der Waals surface area contributed by atoms with Crippen molar-refractivity contribution in [2.75, 3.05) is 0 Å². The Morgan fingerprint density at radius 2 is 1.78 bits per heavy atom. The second-order valence-corrected chi connectivity index (χ2v) is 4.83. The molecule has 5 heteroatoms. The summed E-state index contributed by atoms with van der Waals surface area (Å²) in [6.45, 7) is 5.50. The largest absolute Gasteiger partial charge is 0.459 e. The minimum atomic E-state index is -0.596. The molecule has 3 nitrogen and oxygen atoms in total. The number of esters is 1. The summed E-state index contributed by atoms with van der Waals surface area (Å²) in [5.41, 5.74) is 6.34. The number of nitrogens with two attached hydrogens (primary N) is 1. The quantitative estimate of drug-likeness (QED) is 0.870. The van der Waals surface area contributed by atoms with Crippen LogP contribution in [0.25, 0.3) is 0 Å². The number of ether oxygens (including phenoxy) is 1. The molecule has 0 unspecified atom stereocenters. The molecule has 0 aromatic heterocycles. The third kappa shape index (κ3) is 7.58. The van der Waals surface area contributed by atoms with Crippen LogP contribution in [0.3, 0.4) is 0 Å². The highest BCUT2D eigenvalue weighted by Crippen LogP contribution is 2.10. The molecule has 0 aliphatic rings. The van der Waals surface area contributed by atoms with E-state index in [9.17, 15) is 4.79 Å². The Balaban J connectivity index is 0. The fourth-order valence-electron chi connectivity index (χ4n) is 1.33. The molecule has 0 radical (unpaired) electrons. The van der Waals surface area contributed by atoms with Crippen molar-refractivity contribution in [3.63, 3.8) is 0 Å². The molecule has 0 fully saturated rings. The minimum Gasteiger partial charge on any atom is -0.459 e. The molecule has 0 saturated heterocycles. The lowest BCUT2D eigenvalue weighted by Crippen LogP contribution is -2.38. The zero-order valence-corrected chi connectivity index (χ0v) is 12.8. The average molecular weight is 292 g/mol. The van der Waals surface area contributed by atoms with Crippen molar-refractivity contribution in [1.82, 2.24) is 0 Å². The lowest BCUT2D eigenvalue weighted by atomic mass is 10.1. The SMILES string of the molecule is CC(C)(C)OC(=O)[C@@H](N)Cc1ccccc1.Cl.S. The van der Waals surface area contributed by atoms with E-state index in [4.69, 9.17) is 10.5 Å². The molecule has 0 aliphatic heterocycles. The van der Waals surface area contributed by atoms with E-state index in [0.29, 0.717) is 6.42 Å². The molecule has 1 rings (SSSR count). The summed E-state index contributed by atoms with van der Waals surface area (Å²) in [4.78, 5) is 11.6. The number of rotatable bonds is 3. The first kappa shape index (κ1) is 19.6. The highest BCUT2D eigenvalue weighted by atomic mass is 35.5. The normalized spacial score (nSPS) is 11.8. The van der Waals surface area contributed by atoms with Crippen molar-refractivity contribution in [3.8, 4) is 0 Å². The van der Waals surface area contributed by atoms with E-state index in [1.165, 1.54) is 0 Å². The van der Waals surface area contributed by atoms with E-state index < -0.39 is 11.6 Å². The number of hydrogen-bond donors (Lipinski definition) is 1. The van der Waals surface area contributed by atoms with Gasteiger partial charge in [0.2, 0.25) is 0 Å². The van der Waals surface area contributed by atoms with Gasteiger partial charge < -0.3 is 10.5 Å². The van der Waals surface area contributed by atoms with Gasteiger partial charge in [0, 0.05) is 0 Å². The van der Waals surface area contributed by atoms with Gasteiger partial charge in [-0.3, -0.25) is 4.79 Å². The minimum absolute atomic E-state index is 0. The fraction of sp³-hybridized carbons (Fsp3) is 0.462. The standard InChI is InChI=1S/C13H19NO2.ClH.H2S/c1-13(2,3)16-12(15)11(14)9-10-7-5-4-6-8-10;;/h4-8,11H,9,14H2,1-3H3;1H;1H2/t11-;;/m0../s1. The monoisotopic (exact) mass is 291 g/mol. The van der Waals surface area contributed by atoms with Crippen molar-refractivity contribution >= 4 is 31.9 Å². The van der Waals surface area contributed by atoms with Gasteiger partial charge in [0.25, 0.3) is 0 Å². The van der Waals surface area contributed by atoms with Gasteiger partial charge in [-0.25, -0.2) is 0 Å². The molecule has 0 amide bonds. The molecule has 0 bridgehead atoms. The Kier molecular flexibility index (Phi) is 9.16. The van der Waals surface area contributed by atoms with Crippen LogP contribution in [0.1, 0.15) is 26.3 Å². The summed E-state index contributed by atoms with van der Waals surface area (Å²) in [6.07, 6.45) is 0.510. The molecular weight excluding hydrogens is 270 g/mol. The molecule has 2 N–H and O–H groups in total. The van der Waals surface area contributed by atoms with Crippen molar-refractivity contribution in [2.45, 2.75) is 38.8 Å². The molecule has 0 saturated carbocycles. The Labute approximate surface area is 122 Å². The Bertz CT molecular complexity index is 352. The maximum atomic E-state index is 11.6. The molecule has 0 aliphatic carbocycles. The molecule has 1 aromatic carbocycles. The maximum absolute atomic E-state index is 11.6. The highest BCUT2D eigenvalue weighted by Gasteiger charge is 2.22. The van der Waals surface area contributed by atoms with Gasteiger partial charge in [0.15, 0.2) is 0 Å². The van der Waals surface area contributed by atoms with Crippen LogP contribution in [0, 0.1) is 0 Å². The van der Waals surface area contributed by atoms with Crippen LogP contribution >= 0.6 is 25.9 Å². The predicted molar refractivity (Wildman–Crippen MR) is 81.6 cm³/mol. The van der Waals surface area contributed by atoms with Crippen LogP contribution in [-0.4, -0.2) is 17.6 Å². The van der Waals surface area contributed by atoms with Gasteiger partial charge in [0.05, 0.1) is 0 Å². The van der Waals surface area contributed by atoms with Crippen molar-refractivity contribution in [2.24, 2.45) is 5.73 Å². The van der Waals surface area contributed by atoms with Gasteiger partial charge in [-0.2, -0.15) is 13.5 Å². The van der Waals surface area contributed by atoms with E-state index in [-0.39, 0.29) is 31.9 Å². The Hall–Kier alpha value is -0.710.